The highest BCUT2D eigenvalue weighted by Gasteiger charge is 2.35. The second-order valence-electron chi connectivity index (χ2n) is 7.74. The van der Waals surface area contributed by atoms with E-state index < -0.39 is 27.8 Å². The normalized spacial score (nSPS) is 17.4. The quantitative estimate of drug-likeness (QED) is 0.660. The number of piperazine rings is 1. The number of anilines is 2. The van der Waals surface area contributed by atoms with Gasteiger partial charge < -0.3 is 10.6 Å². The maximum Gasteiger partial charge on any atom is 0.416 e. The van der Waals surface area contributed by atoms with Gasteiger partial charge in [-0.3, -0.25) is 4.90 Å². The summed E-state index contributed by atoms with van der Waals surface area (Å²) < 4.78 is 67.1. The molecule has 7 nitrogen and oxygen atoms in total. The van der Waals surface area contributed by atoms with E-state index in [2.05, 4.69) is 0 Å². The van der Waals surface area contributed by atoms with Crippen molar-refractivity contribution in [2.75, 3.05) is 42.5 Å². The van der Waals surface area contributed by atoms with Crippen LogP contribution in [0.15, 0.2) is 35.2 Å². The van der Waals surface area contributed by atoms with E-state index in [1.54, 1.807) is 4.90 Å². The lowest BCUT2D eigenvalue weighted by Gasteiger charge is -2.36. The first-order valence-electron chi connectivity index (χ1n) is 9.90. The number of nitrogens with two attached hydrogens (primary N) is 1. The third kappa shape index (κ3) is 4.59. The van der Waals surface area contributed by atoms with E-state index in [-0.39, 0.29) is 46.8 Å². The van der Waals surface area contributed by atoms with E-state index in [0.717, 1.165) is 12.1 Å². The number of nitrogens with zero attached hydrogens (tertiary/aromatic N) is 3. The maximum absolute atomic E-state index is 13.3. The van der Waals surface area contributed by atoms with Crippen molar-refractivity contribution >= 4 is 50.6 Å². The zero-order valence-electron chi connectivity index (χ0n) is 17.1. The molecule has 0 aromatic heterocycles. The number of carbonyl (C=O) groups excluding carboxylic acids is 1. The first kappa shape index (κ1) is 23.9. The molecule has 1 saturated heterocycles. The Balaban J connectivity index is 1.54. The van der Waals surface area contributed by atoms with Crippen LogP contribution in [0.1, 0.15) is 11.1 Å². The summed E-state index contributed by atoms with van der Waals surface area (Å²) in [7, 11) is -3.96. The number of carbonyl (C=O) groups is 1. The van der Waals surface area contributed by atoms with Crippen molar-refractivity contribution in [3.63, 3.8) is 0 Å². The molecule has 0 bridgehead atoms. The third-order valence-corrected chi connectivity index (χ3v) is 8.31. The molecule has 0 aliphatic carbocycles. The Morgan fingerprint density at radius 3 is 2.24 bits per heavy atom. The van der Waals surface area contributed by atoms with Crippen LogP contribution in [-0.4, -0.2) is 51.5 Å². The Labute approximate surface area is 198 Å². The molecule has 0 radical (unpaired) electrons. The maximum atomic E-state index is 13.3. The van der Waals surface area contributed by atoms with Gasteiger partial charge in [-0.15, -0.1) is 0 Å². The minimum atomic E-state index is -4.54. The predicted molar refractivity (Wildman–Crippen MR) is 120 cm³/mol. The molecule has 13 heteroatoms. The van der Waals surface area contributed by atoms with Gasteiger partial charge in [-0.25, -0.2) is 13.2 Å². The van der Waals surface area contributed by atoms with Crippen LogP contribution in [0, 0.1) is 0 Å². The Hall–Kier alpha value is -2.21. The van der Waals surface area contributed by atoms with Gasteiger partial charge in [-0.05, 0) is 42.3 Å². The molecule has 2 aliphatic heterocycles. The van der Waals surface area contributed by atoms with Crippen LogP contribution in [0.25, 0.3) is 0 Å². The van der Waals surface area contributed by atoms with Crippen molar-refractivity contribution in [3.05, 3.63) is 51.5 Å². The van der Waals surface area contributed by atoms with Crippen molar-refractivity contribution in [2.24, 2.45) is 5.73 Å². The summed E-state index contributed by atoms with van der Waals surface area (Å²) >= 11 is 12.1. The molecule has 2 N–H and O–H groups in total. The van der Waals surface area contributed by atoms with E-state index in [0.29, 0.717) is 24.2 Å². The fourth-order valence-corrected chi connectivity index (χ4v) is 6.26. The van der Waals surface area contributed by atoms with Gasteiger partial charge in [0.05, 0.1) is 16.3 Å². The number of hydrogen-bond donors (Lipinski definition) is 1. The van der Waals surface area contributed by atoms with Crippen LogP contribution in [-0.2, 0) is 22.6 Å². The average molecular weight is 523 g/mol. The number of halogens is 5. The molecule has 178 valence electrons. The molecule has 2 aromatic carbocycles. The minimum absolute atomic E-state index is 0.0333. The van der Waals surface area contributed by atoms with E-state index >= 15 is 0 Å². The lowest BCUT2D eigenvalue weighted by atomic mass is 10.1. The first-order chi connectivity index (χ1) is 15.4. The summed E-state index contributed by atoms with van der Waals surface area (Å²) in [6.45, 7) is 0.792. The van der Waals surface area contributed by atoms with Crippen LogP contribution in [0.4, 0.5) is 29.3 Å². The number of primary amides is 1. The molecule has 33 heavy (non-hydrogen) atoms. The molecule has 0 unspecified atom stereocenters. The molecule has 0 atom stereocenters. The van der Waals surface area contributed by atoms with Crippen LogP contribution in [0.3, 0.4) is 0 Å². The van der Waals surface area contributed by atoms with Gasteiger partial charge in [0.25, 0.3) is 0 Å². The molecule has 2 amide bonds. The Bertz CT molecular complexity index is 1220. The van der Waals surface area contributed by atoms with E-state index in [1.165, 1.54) is 27.4 Å². The van der Waals surface area contributed by atoms with Crippen molar-refractivity contribution in [2.45, 2.75) is 17.5 Å². The van der Waals surface area contributed by atoms with Gasteiger partial charge in [0, 0.05) is 43.4 Å². The van der Waals surface area contributed by atoms with Gasteiger partial charge in [0.1, 0.15) is 4.90 Å². The van der Waals surface area contributed by atoms with Crippen molar-refractivity contribution in [1.29, 1.82) is 0 Å². The van der Waals surface area contributed by atoms with Crippen LogP contribution < -0.4 is 15.5 Å². The fraction of sp³-hybridized carbons (Fsp3) is 0.350. The number of fused-ring (bicyclic) bond motifs is 1. The monoisotopic (exact) mass is 522 g/mol. The standard InChI is InChI=1S/C20H19Cl2F3N4O3S/c21-14-8-13(20(23,24)25)9-15(10-14)27-3-5-28(6-4-27)33(31,32)18-7-12-1-2-29(19(26)30)17(12)11-16(18)22/h7-11H,1-6H2,(H2,26,30). The second-order valence-corrected chi connectivity index (χ2v) is 10.5. The molecule has 4 rings (SSSR count). The Morgan fingerprint density at radius 1 is 0.970 bits per heavy atom. The zero-order valence-corrected chi connectivity index (χ0v) is 19.4. The number of urea groups is 1. The molecule has 2 aromatic rings. The molecule has 0 saturated carbocycles. The SMILES string of the molecule is NC(=O)N1CCc2cc(S(=O)(=O)N3CCN(c4cc(Cl)cc(C(F)(F)F)c4)CC3)c(Cl)cc21. The zero-order chi connectivity index (χ0) is 24.1. The highest BCUT2D eigenvalue weighted by Crippen LogP contribution is 2.37. The molecule has 2 aliphatic rings. The molecular weight excluding hydrogens is 504 g/mol. The van der Waals surface area contributed by atoms with Gasteiger partial charge in [-0.2, -0.15) is 17.5 Å². The largest absolute Gasteiger partial charge is 0.416 e. The topological polar surface area (TPSA) is 86.9 Å². The summed E-state index contributed by atoms with van der Waals surface area (Å²) in [6, 6.07) is 5.49. The van der Waals surface area contributed by atoms with Crippen LogP contribution >= 0.6 is 23.2 Å². The number of hydrogen-bond acceptors (Lipinski definition) is 4. The van der Waals surface area contributed by atoms with Gasteiger partial charge in [-0.1, -0.05) is 23.2 Å². The smallest absolute Gasteiger partial charge is 0.369 e. The minimum Gasteiger partial charge on any atom is -0.369 e. The van der Waals surface area contributed by atoms with Crippen molar-refractivity contribution < 1.29 is 26.4 Å². The number of amides is 2. The molecule has 0 spiro atoms. The Kier molecular flexibility index (Phi) is 6.19. The van der Waals surface area contributed by atoms with Crippen LogP contribution in [0.5, 0.6) is 0 Å². The van der Waals surface area contributed by atoms with E-state index in [4.69, 9.17) is 28.9 Å². The summed E-state index contributed by atoms with van der Waals surface area (Å²) in [5, 5.41) is -0.0845. The summed E-state index contributed by atoms with van der Waals surface area (Å²) in [5.41, 5.74) is 5.89. The Morgan fingerprint density at radius 2 is 1.64 bits per heavy atom. The number of rotatable bonds is 3. The highest BCUT2D eigenvalue weighted by atomic mass is 35.5. The fourth-order valence-electron chi connectivity index (χ4n) is 4.06. The first-order valence-corrected chi connectivity index (χ1v) is 12.1. The third-order valence-electron chi connectivity index (χ3n) is 5.73. The molecular formula is C20H19Cl2F3N4O3S. The second kappa shape index (κ2) is 8.53. The van der Waals surface area contributed by atoms with E-state index in [9.17, 15) is 26.4 Å². The van der Waals surface area contributed by atoms with Crippen molar-refractivity contribution in [1.82, 2.24) is 4.31 Å². The molecule has 2 heterocycles. The van der Waals surface area contributed by atoms with Crippen molar-refractivity contribution in [3.8, 4) is 0 Å². The summed E-state index contributed by atoms with van der Waals surface area (Å²) in [6.07, 6.45) is -4.10. The van der Waals surface area contributed by atoms with Gasteiger partial charge >= 0.3 is 12.2 Å². The van der Waals surface area contributed by atoms with Crippen LogP contribution in [0.2, 0.25) is 10.0 Å². The number of benzene rings is 2. The molecule has 1 fully saturated rings. The van der Waals surface area contributed by atoms with Gasteiger partial charge in [0.2, 0.25) is 10.0 Å². The lowest BCUT2D eigenvalue weighted by molar-refractivity contribution is -0.137. The summed E-state index contributed by atoms with van der Waals surface area (Å²) in [4.78, 5) is 14.5. The lowest BCUT2D eigenvalue weighted by Crippen LogP contribution is -2.48. The highest BCUT2D eigenvalue weighted by molar-refractivity contribution is 7.89. The number of sulfonamides is 1. The number of alkyl halides is 3. The predicted octanol–water partition coefficient (Wildman–Crippen LogP) is 3.96. The summed E-state index contributed by atoms with van der Waals surface area (Å²) in [5.74, 6) is 0. The average Bonchev–Trinajstić information content (AvgIpc) is 3.15. The van der Waals surface area contributed by atoms with Gasteiger partial charge in [0.15, 0.2) is 0 Å². The van der Waals surface area contributed by atoms with E-state index in [1.807, 2.05) is 0 Å².